The van der Waals surface area contributed by atoms with Crippen molar-refractivity contribution in [3.05, 3.63) is 22.4 Å². The van der Waals surface area contributed by atoms with Crippen LogP contribution in [0.25, 0.3) is 0 Å². The summed E-state index contributed by atoms with van der Waals surface area (Å²) in [5, 5.41) is 1.96. The molecule has 0 unspecified atom stereocenters. The molecular weight excluding hydrogens is 220 g/mol. The molecule has 1 saturated heterocycles. The predicted molar refractivity (Wildman–Crippen MR) is 66.1 cm³/mol. The average Bonchev–Trinajstić information content (AvgIpc) is 2.81. The van der Waals surface area contributed by atoms with Crippen molar-refractivity contribution in [2.75, 3.05) is 26.2 Å². The van der Waals surface area contributed by atoms with E-state index >= 15 is 0 Å². The van der Waals surface area contributed by atoms with Gasteiger partial charge in [0.1, 0.15) is 0 Å². The van der Waals surface area contributed by atoms with Crippen molar-refractivity contribution in [3.8, 4) is 0 Å². The Morgan fingerprint density at radius 2 is 2.12 bits per heavy atom. The molecule has 2 heterocycles. The molecule has 1 aromatic heterocycles. The Hall–Kier alpha value is -0.870. The molecule has 1 aliphatic rings. The number of rotatable bonds is 2. The van der Waals surface area contributed by atoms with Gasteiger partial charge in [0.25, 0.3) is 5.91 Å². The number of hydrogen-bond donors (Lipinski definition) is 1. The summed E-state index contributed by atoms with van der Waals surface area (Å²) in [4.78, 5) is 16.5. The lowest BCUT2D eigenvalue weighted by atomic mass is 10.2. The second-order valence-electron chi connectivity index (χ2n) is 4.58. The van der Waals surface area contributed by atoms with E-state index in [0.29, 0.717) is 6.04 Å². The number of carbonyl (C=O) groups excluding carboxylic acids is 1. The standard InChI is InChI=1S/C12H18N2OS/c1-10(2)13-5-7-14(8-6-13)12(15)11-4-3-9-16-11/h3-4,9-10H,5-8H2,1-2H3/p+1. The Labute approximate surface area is 101 Å². The third-order valence-electron chi connectivity index (χ3n) is 3.24. The van der Waals surface area contributed by atoms with E-state index in [-0.39, 0.29) is 5.91 Å². The van der Waals surface area contributed by atoms with Gasteiger partial charge in [-0.1, -0.05) is 6.07 Å². The minimum absolute atomic E-state index is 0.206. The third-order valence-corrected chi connectivity index (χ3v) is 4.10. The van der Waals surface area contributed by atoms with Gasteiger partial charge < -0.3 is 9.80 Å². The van der Waals surface area contributed by atoms with Crippen LogP contribution >= 0.6 is 11.3 Å². The van der Waals surface area contributed by atoms with Crippen molar-refractivity contribution in [1.29, 1.82) is 0 Å². The van der Waals surface area contributed by atoms with Gasteiger partial charge in [-0.2, -0.15) is 0 Å². The van der Waals surface area contributed by atoms with Crippen LogP contribution < -0.4 is 4.90 Å². The van der Waals surface area contributed by atoms with Gasteiger partial charge in [0, 0.05) is 0 Å². The lowest BCUT2D eigenvalue weighted by molar-refractivity contribution is -0.925. The second-order valence-corrected chi connectivity index (χ2v) is 5.53. The summed E-state index contributed by atoms with van der Waals surface area (Å²) in [6.07, 6.45) is 0. The molecule has 4 heteroatoms. The van der Waals surface area contributed by atoms with E-state index in [0.717, 1.165) is 31.1 Å². The minimum Gasteiger partial charge on any atom is -0.330 e. The summed E-state index contributed by atoms with van der Waals surface area (Å²) in [6, 6.07) is 4.52. The summed E-state index contributed by atoms with van der Waals surface area (Å²) in [5.41, 5.74) is 0. The van der Waals surface area contributed by atoms with E-state index in [1.807, 2.05) is 22.4 Å². The molecule has 3 nitrogen and oxygen atoms in total. The monoisotopic (exact) mass is 239 g/mol. The molecule has 16 heavy (non-hydrogen) atoms. The molecule has 88 valence electrons. The van der Waals surface area contributed by atoms with Crippen LogP contribution in [0, 0.1) is 0 Å². The molecule has 0 bridgehead atoms. The first-order chi connectivity index (χ1) is 7.68. The summed E-state index contributed by atoms with van der Waals surface area (Å²) in [7, 11) is 0. The summed E-state index contributed by atoms with van der Waals surface area (Å²) < 4.78 is 0. The van der Waals surface area contributed by atoms with Crippen molar-refractivity contribution >= 4 is 17.2 Å². The van der Waals surface area contributed by atoms with Gasteiger partial charge >= 0.3 is 0 Å². The Morgan fingerprint density at radius 1 is 1.44 bits per heavy atom. The number of hydrogen-bond acceptors (Lipinski definition) is 2. The number of quaternary nitrogens is 1. The zero-order valence-corrected chi connectivity index (χ0v) is 10.7. The van der Waals surface area contributed by atoms with Crippen molar-refractivity contribution in [1.82, 2.24) is 4.90 Å². The molecule has 1 N–H and O–H groups in total. The van der Waals surface area contributed by atoms with Crippen molar-refractivity contribution in [3.63, 3.8) is 0 Å². The van der Waals surface area contributed by atoms with Gasteiger partial charge in [-0.15, -0.1) is 11.3 Å². The first kappa shape index (κ1) is 11.6. The van der Waals surface area contributed by atoms with E-state index < -0.39 is 0 Å². The van der Waals surface area contributed by atoms with Gasteiger partial charge in [-0.05, 0) is 25.3 Å². The summed E-state index contributed by atoms with van der Waals surface area (Å²) in [6.45, 7) is 8.43. The number of carbonyl (C=O) groups is 1. The number of nitrogens with zero attached hydrogens (tertiary/aromatic N) is 1. The maximum absolute atomic E-state index is 12.1. The fraction of sp³-hybridized carbons (Fsp3) is 0.583. The molecular formula is C12H19N2OS+. The Balaban J connectivity index is 1.92. The van der Waals surface area contributed by atoms with Gasteiger partial charge in [-0.25, -0.2) is 0 Å². The Kier molecular flexibility index (Phi) is 3.61. The van der Waals surface area contributed by atoms with E-state index in [9.17, 15) is 4.79 Å². The molecule has 0 aliphatic carbocycles. The van der Waals surface area contributed by atoms with E-state index in [2.05, 4.69) is 13.8 Å². The zero-order chi connectivity index (χ0) is 11.5. The van der Waals surface area contributed by atoms with Crippen LogP contribution in [0.15, 0.2) is 17.5 Å². The van der Waals surface area contributed by atoms with Crippen LogP contribution in [0.4, 0.5) is 0 Å². The molecule has 0 aromatic carbocycles. The molecule has 0 radical (unpaired) electrons. The molecule has 1 aliphatic heterocycles. The van der Waals surface area contributed by atoms with Crippen LogP contribution in [0.3, 0.4) is 0 Å². The fourth-order valence-corrected chi connectivity index (χ4v) is 2.82. The van der Waals surface area contributed by atoms with Gasteiger partial charge in [-0.3, -0.25) is 4.79 Å². The highest BCUT2D eigenvalue weighted by Gasteiger charge is 2.25. The van der Waals surface area contributed by atoms with Crippen LogP contribution in [-0.2, 0) is 0 Å². The lowest BCUT2D eigenvalue weighted by Gasteiger charge is -2.34. The summed E-state index contributed by atoms with van der Waals surface area (Å²) in [5.74, 6) is 0.206. The van der Waals surface area contributed by atoms with Crippen molar-refractivity contribution in [2.24, 2.45) is 0 Å². The molecule has 0 saturated carbocycles. The van der Waals surface area contributed by atoms with Crippen LogP contribution in [0.2, 0.25) is 0 Å². The number of thiophene rings is 1. The molecule has 1 amide bonds. The molecule has 1 fully saturated rings. The predicted octanol–water partition coefficient (Wildman–Crippen LogP) is 0.497. The quantitative estimate of drug-likeness (QED) is 0.798. The largest absolute Gasteiger partial charge is 0.330 e. The number of amides is 1. The van der Waals surface area contributed by atoms with Crippen LogP contribution in [0.5, 0.6) is 0 Å². The highest BCUT2D eigenvalue weighted by Crippen LogP contribution is 2.11. The topological polar surface area (TPSA) is 24.8 Å². The molecule has 2 rings (SSSR count). The van der Waals surface area contributed by atoms with E-state index in [1.165, 1.54) is 11.3 Å². The second kappa shape index (κ2) is 4.97. The maximum atomic E-state index is 12.1. The number of piperazine rings is 1. The van der Waals surface area contributed by atoms with Gasteiger partial charge in [0.05, 0.1) is 37.1 Å². The van der Waals surface area contributed by atoms with E-state index in [1.54, 1.807) is 4.90 Å². The minimum atomic E-state index is 0.206. The zero-order valence-electron chi connectivity index (χ0n) is 9.90. The van der Waals surface area contributed by atoms with Crippen molar-refractivity contribution in [2.45, 2.75) is 19.9 Å². The first-order valence-electron chi connectivity index (χ1n) is 5.86. The lowest BCUT2D eigenvalue weighted by Crippen LogP contribution is -3.17. The number of nitrogens with one attached hydrogen (secondary N) is 1. The van der Waals surface area contributed by atoms with Gasteiger partial charge in [0.2, 0.25) is 0 Å². The molecule has 0 atom stereocenters. The third kappa shape index (κ3) is 2.44. The Morgan fingerprint density at radius 3 is 2.62 bits per heavy atom. The fourth-order valence-electron chi connectivity index (χ4n) is 2.13. The summed E-state index contributed by atoms with van der Waals surface area (Å²) >= 11 is 1.53. The van der Waals surface area contributed by atoms with E-state index in [4.69, 9.17) is 0 Å². The highest BCUT2D eigenvalue weighted by atomic mass is 32.1. The van der Waals surface area contributed by atoms with Crippen LogP contribution in [0.1, 0.15) is 23.5 Å². The van der Waals surface area contributed by atoms with Crippen LogP contribution in [-0.4, -0.2) is 43.0 Å². The average molecular weight is 239 g/mol. The Bertz CT molecular complexity index is 340. The maximum Gasteiger partial charge on any atom is 0.264 e. The first-order valence-corrected chi connectivity index (χ1v) is 6.74. The van der Waals surface area contributed by atoms with Crippen molar-refractivity contribution < 1.29 is 9.69 Å². The van der Waals surface area contributed by atoms with Gasteiger partial charge in [0.15, 0.2) is 0 Å². The SMILES string of the molecule is CC(C)[NH+]1CCN(C(=O)c2cccs2)CC1. The smallest absolute Gasteiger partial charge is 0.264 e. The molecule has 1 aromatic rings. The highest BCUT2D eigenvalue weighted by molar-refractivity contribution is 7.12. The normalized spacial score (nSPS) is 18.1. The molecule has 0 spiro atoms.